The molecule has 0 unspecified atom stereocenters. The first-order chi connectivity index (χ1) is 6.18. The minimum Gasteiger partial charge on any atom is -0.294 e. The smallest absolute Gasteiger partial charge is 0.294 e. The molecule has 0 fully saturated rings. The van der Waals surface area contributed by atoms with Crippen molar-refractivity contribution in [2.75, 3.05) is 5.43 Å². The Kier molecular flexibility index (Phi) is 1.95. The minimum atomic E-state index is -2.61. The molecule has 0 amide bonds. The highest BCUT2D eigenvalue weighted by Gasteiger charge is 2.22. The van der Waals surface area contributed by atoms with E-state index in [9.17, 15) is 8.78 Å². The number of alkyl halides is 2. The lowest BCUT2D eigenvalue weighted by atomic mass is 10.6. The van der Waals surface area contributed by atoms with Gasteiger partial charge in [0.2, 0.25) is 11.0 Å². The summed E-state index contributed by atoms with van der Waals surface area (Å²) in [6, 6.07) is 0. The van der Waals surface area contributed by atoms with Gasteiger partial charge in [0.05, 0.1) is 0 Å². The van der Waals surface area contributed by atoms with Gasteiger partial charge < -0.3 is 0 Å². The zero-order valence-corrected chi connectivity index (χ0v) is 7.48. The van der Waals surface area contributed by atoms with Crippen LogP contribution in [0.3, 0.4) is 0 Å². The van der Waals surface area contributed by atoms with Gasteiger partial charge in [-0.3, -0.25) is 5.43 Å². The largest absolute Gasteiger partial charge is 0.299 e. The molecule has 4 nitrogen and oxygen atoms in total. The maximum absolute atomic E-state index is 12.3. The van der Waals surface area contributed by atoms with Crippen molar-refractivity contribution in [3.05, 3.63) is 16.9 Å². The monoisotopic (exact) mass is 204 g/mol. The second kappa shape index (κ2) is 2.99. The van der Waals surface area contributed by atoms with E-state index in [-0.39, 0.29) is 5.82 Å². The molecule has 70 valence electrons. The summed E-state index contributed by atoms with van der Waals surface area (Å²) in [6.07, 6.45) is -2.61. The van der Waals surface area contributed by atoms with Gasteiger partial charge in [-0.1, -0.05) is 11.8 Å². The molecule has 2 rings (SSSR count). The van der Waals surface area contributed by atoms with Crippen LogP contribution in [0, 0.1) is 0 Å². The van der Waals surface area contributed by atoms with E-state index < -0.39 is 6.43 Å². The van der Waals surface area contributed by atoms with Gasteiger partial charge in [0.1, 0.15) is 0 Å². The summed E-state index contributed by atoms with van der Waals surface area (Å²) in [5.41, 5.74) is 3.53. The molecule has 1 aliphatic rings. The first kappa shape index (κ1) is 8.49. The number of hydrogen-bond acceptors (Lipinski definition) is 4. The summed E-state index contributed by atoms with van der Waals surface area (Å²) >= 11 is 1.27. The van der Waals surface area contributed by atoms with Gasteiger partial charge in [-0.15, -0.1) is 10.2 Å². The predicted molar refractivity (Wildman–Crippen MR) is 44.0 cm³/mol. The molecule has 0 atom stereocenters. The number of rotatable bonds is 1. The van der Waals surface area contributed by atoms with Crippen LogP contribution in [-0.2, 0) is 0 Å². The zero-order chi connectivity index (χ0) is 9.42. The van der Waals surface area contributed by atoms with Crippen molar-refractivity contribution in [3.63, 3.8) is 0 Å². The summed E-state index contributed by atoms with van der Waals surface area (Å²) in [6.45, 7) is 1.78. The Hall–Kier alpha value is -1.11. The van der Waals surface area contributed by atoms with Gasteiger partial charge in [0, 0.05) is 5.70 Å². The summed E-state index contributed by atoms with van der Waals surface area (Å²) in [4.78, 5) is 0. The average molecular weight is 204 g/mol. The Morgan fingerprint density at radius 2 is 2.31 bits per heavy atom. The highest BCUT2D eigenvalue weighted by Crippen LogP contribution is 2.26. The van der Waals surface area contributed by atoms with E-state index in [2.05, 4.69) is 15.6 Å². The van der Waals surface area contributed by atoms with Crippen LogP contribution in [0.25, 0.3) is 0 Å². The topological polar surface area (TPSA) is 42.7 Å². The summed E-state index contributed by atoms with van der Waals surface area (Å²) in [5, 5.41) is 9.20. The van der Waals surface area contributed by atoms with Crippen molar-refractivity contribution in [2.45, 2.75) is 18.5 Å². The van der Waals surface area contributed by atoms with Crippen molar-refractivity contribution in [3.8, 4) is 0 Å². The van der Waals surface area contributed by atoms with Crippen molar-refractivity contribution in [1.29, 1.82) is 0 Å². The van der Waals surface area contributed by atoms with E-state index in [0.29, 0.717) is 5.16 Å². The highest BCUT2D eigenvalue weighted by molar-refractivity contribution is 8.02. The number of aromatic nitrogens is 3. The van der Waals surface area contributed by atoms with Gasteiger partial charge >= 0.3 is 0 Å². The zero-order valence-electron chi connectivity index (χ0n) is 6.66. The summed E-state index contributed by atoms with van der Waals surface area (Å²) in [5.74, 6) is -0.352. The first-order valence-corrected chi connectivity index (χ1v) is 4.40. The van der Waals surface area contributed by atoms with E-state index in [1.54, 1.807) is 12.3 Å². The van der Waals surface area contributed by atoms with Gasteiger partial charge in [0.25, 0.3) is 6.43 Å². The number of fused-ring (bicyclic) bond motifs is 1. The molecule has 1 aromatic rings. The Labute approximate surface area is 77.0 Å². The average Bonchev–Trinajstić information content (AvgIpc) is 2.46. The van der Waals surface area contributed by atoms with Crippen molar-refractivity contribution in [1.82, 2.24) is 14.9 Å². The second-order valence-electron chi connectivity index (χ2n) is 2.51. The lowest BCUT2D eigenvalue weighted by Gasteiger charge is -2.15. The summed E-state index contributed by atoms with van der Waals surface area (Å²) < 4.78 is 25.8. The van der Waals surface area contributed by atoms with E-state index >= 15 is 0 Å². The molecule has 2 heterocycles. The van der Waals surface area contributed by atoms with Gasteiger partial charge in [-0.2, -0.15) is 0 Å². The molecule has 0 spiro atoms. The Morgan fingerprint density at radius 3 is 3.00 bits per heavy atom. The number of halogens is 2. The minimum absolute atomic E-state index is 0.352. The number of nitrogens with one attached hydrogen (secondary N) is 1. The quantitative estimate of drug-likeness (QED) is 0.756. The van der Waals surface area contributed by atoms with E-state index in [4.69, 9.17) is 0 Å². The third kappa shape index (κ3) is 1.39. The molecule has 0 radical (unpaired) electrons. The van der Waals surface area contributed by atoms with E-state index in [0.717, 1.165) is 5.70 Å². The Bertz CT molecular complexity index is 360. The van der Waals surface area contributed by atoms with Crippen LogP contribution in [-0.4, -0.2) is 14.9 Å². The Balaban J connectivity index is 2.40. The molecule has 0 aliphatic carbocycles. The molecule has 13 heavy (non-hydrogen) atoms. The highest BCUT2D eigenvalue weighted by atomic mass is 32.2. The number of nitrogens with zero attached hydrogens (tertiary/aromatic N) is 3. The van der Waals surface area contributed by atoms with Crippen LogP contribution < -0.4 is 5.43 Å². The molecule has 0 saturated carbocycles. The first-order valence-electron chi connectivity index (χ1n) is 3.52. The molecule has 7 heteroatoms. The maximum Gasteiger partial charge on any atom is 0.299 e. The fourth-order valence-corrected chi connectivity index (χ4v) is 1.62. The van der Waals surface area contributed by atoms with Crippen LogP contribution in [0.5, 0.6) is 0 Å². The second-order valence-corrected chi connectivity index (χ2v) is 3.34. The third-order valence-corrected chi connectivity index (χ3v) is 2.43. The fourth-order valence-electron chi connectivity index (χ4n) is 0.948. The van der Waals surface area contributed by atoms with Crippen molar-refractivity contribution >= 4 is 11.8 Å². The van der Waals surface area contributed by atoms with E-state index in [1.165, 1.54) is 16.4 Å². The number of hydrogen-bond donors (Lipinski definition) is 1. The summed E-state index contributed by atoms with van der Waals surface area (Å²) in [7, 11) is 0. The molecule has 0 aromatic carbocycles. The van der Waals surface area contributed by atoms with Gasteiger partial charge in [-0.05, 0) is 12.3 Å². The van der Waals surface area contributed by atoms with Crippen LogP contribution in [0.15, 0.2) is 16.3 Å². The van der Waals surface area contributed by atoms with E-state index in [1.807, 2.05) is 0 Å². The van der Waals surface area contributed by atoms with Crippen LogP contribution in [0.4, 0.5) is 8.78 Å². The van der Waals surface area contributed by atoms with Gasteiger partial charge in [0.15, 0.2) is 0 Å². The molecule has 1 aliphatic heterocycles. The number of allylic oxidation sites excluding steroid dienone is 1. The predicted octanol–water partition coefficient (Wildman–Crippen LogP) is 1.73. The standard InChI is InChI=1S/C6H6F2N4S/c1-3-2-13-6-10-9-5(4(7)8)12(6)11-3/h2,4,11H,1H3. The molecular formula is C6H6F2N4S. The van der Waals surface area contributed by atoms with Crippen LogP contribution in [0.2, 0.25) is 0 Å². The Morgan fingerprint density at radius 1 is 1.54 bits per heavy atom. The molecule has 1 aromatic heterocycles. The number of thioether (sulfide) groups is 1. The maximum atomic E-state index is 12.3. The SMILES string of the molecule is CC1=CSc2nnc(C(F)F)n2N1. The molecular weight excluding hydrogens is 198 g/mol. The van der Waals surface area contributed by atoms with Crippen LogP contribution >= 0.6 is 11.8 Å². The van der Waals surface area contributed by atoms with Gasteiger partial charge in [-0.25, -0.2) is 13.5 Å². The molecule has 1 N–H and O–H groups in total. The fraction of sp³-hybridized carbons (Fsp3) is 0.333. The normalized spacial score (nSPS) is 15.2. The van der Waals surface area contributed by atoms with Crippen molar-refractivity contribution < 1.29 is 8.78 Å². The lowest BCUT2D eigenvalue weighted by Crippen LogP contribution is -2.19. The molecule has 0 bridgehead atoms. The molecule has 0 saturated heterocycles. The third-order valence-electron chi connectivity index (χ3n) is 1.48. The van der Waals surface area contributed by atoms with Crippen molar-refractivity contribution in [2.24, 2.45) is 0 Å². The lowest BCUT2D eigenvalue weighted by molar-refractivity contribution is 0.136. The van der Waals surface area contributed by atoms with Crippen LogP contribution in [0.1, 0.15) is 19.2 Å².